The molecule has 2 unspecified atom stereocenters. The van der Waals surface area contributed by atoms with Crippen molar-refractivity contribution < 1.29 is 67.1 Å². The Labute approximate surface area is 295 Å². The van der Waals surface area contributed by atoms with Gasteiger partial charge in [-0.3, -0.25) is 23.4 Å². The number of phosphoric ester groups is 2. The maximum absolute atomic E-state index is 12.5. The fourth-order valence-electron chi connectivity index (χ4n) is 5.61. The van der Waals surface area contributed by atoms with E-state index in [0.29, 0.717) is 11.0 Å². The predicted octanol–water partition coefficient (Wildman–Crippen LogP) is -2.96. The van der Waals surface area contributed by atoms with Crippen molar-refractivity contribution in [2.24, 2.45) is 0 Å². The molecule has 4 aromatic heterocycles. The number of nitrogens with zero attached hydrogens (tertiary/aromatic N) is 6. The minimum atomic E-state index is -5.54. The molecule has 1 aromatic carbocycles. The minimum absolute atomic E-state index is 0.0305. The zero-order valence-electron chi connectivity index (χ0n) is 27.5. The van der Waals surface area contributed by atoms with Crippen LogP contribution < -0.4 is 21.5 Å². The van der Waals surface area contributed by atoms with Gasteiger partial charge in [-0.2, -0.15) is 9.29 Å². The van der Waals surface area contributed by atoms with E-state index in [9.17, 15) is 54.0 Å². The normalized spacial score (nSPS) is 23.3. The Morgan fingerprint density at radius 2 is 1.68 bits per heavy atom. The maximum Gasteiger partial charge on any atom is 0.481 e. The molecule has 11 N–H and O–H groups in total. The number of aliphatic hydroxyl groups is 5. The average Bonchev–Trinajstić information content (AvgIpc) is 3.63. The highest BCUT2D eigenvalue weighted by Crippen LogP contribution is 2.60. The number of ether oxygens (including phenoxy) is 1. The second-order valence-electron chi connectivity index (χ2n) is 12.1. The standard InChI is InChI=1S/C27H33N9O15P2/c1-10-3-12-13(4-11(10)2)35(24-18(32-12)25(42)34-27(43)33-24)5-14(37)19(39)15(38)6-48-52(44,45)51-53(46,47)49-7-16-20(40)21(41)26(50-16)36-9-31-17-22(28)29-8-30-23(17)36/h3-4,8-9,14-16,19-21,26,37-41H,5-7H2,1-2H3,(H5,28,29,30,34,42,43,44,45,46,47)/p+1/t14-,15-,16-,19-,20-,21-,26-/m1/s1. The Hall–Kier alpha value is -4.13. The number of rotatable bonds is 13. The number of aryl methyl sites for hydroxylation is 2. The van der Waals surface area contributed by atoms with Crippen molar-refractivity contribution in [3.63, 3.8) is 0 Å². The number of aromatic nitrogens is 8. The van der Waals surface area contributed by atoms with Gasteiger partial charge in [-0.1, -0.05) is 0 Å². The molecule has 0 bridgehead atoms. The van der Waals surface area contributed by atoms with Crippen molar-refractivity contribution >= 4 is 54.8 Å². The predicted molar refractivity (Wildman–Crippen MR) is 176 cm³/mol. The van der Waals surface area contributed by atoms with E-state index in [-0.39, 0.29) is 28.1 Å². The molecule has 1 aliphatic rings. The lowest BCUT2D eigenvalue weighted by Crippen LogP contribution is -2.51. The van der Waals surface area contributed by atoms with E-state index in [0.717, 1.165) is 17.5 Å². The van der Waals surface area contributed by atoms with Gasteiger partial charge in [-0.25, -0.2) is 38.4 Å². The van der Waals surface area contributed by atoms with Gasteiger partial charge in [-0.05, 0) is 37.1 Å². The lowest BCUT2D eigenvalue weighted by molar-refractivity contribution is -0.657. The van der Waals surface area contributed by atoms with Gasteiger partial charge in [0, 0.05) is 0 Å². The van der Waals surface area contributed by atoms with E-state index in [4.69, 9.17) is 15.0 Å². The van der Waals surface area contributed by atoms with E-state index in [1.807, 2.05) is 0 Å². The highest BCUT2D eigenvalue weighted by molar-refractivity contribution is 7.61. The van der Waals surface area contributed by atoms with Crippen molar-refractivity contribution in [2.75, 3.05) is 18.9 Å². The van der Waals surface area contributed by atoms with Gasteiger partial charge in [-0.15, -0.1) is 0 Å². The number of nitrogen functional groups attached to an aromatic ring is 1. The third-order valence-electron chi connectivity index (χ3n) is 8.46. The van der Waals surface area contributed by atoms with Gasteiger partial charge < -0.3 is 45.8 Å². The Balaban J connectivity index is 1.07. The third-order valence-corrected chi connectivity index (χ3v) is 11.1. The number of benzene rings is 1. The average molecular weight is 787 g/mol. The number of anilines is 1. The number of nitrogens with two attached hydrogens (primary N) is 1. The summed E-state index contributed by atoms with van der Waals surface area (Å²) in [6.45, 7) is 0.855. The first-order chi connectivity index (χ1) is 24.9. The van der Waals surface area contributed by atoms with E-state index in [2.05, 4.69) is 38.7 Å². The van der Waals surface area contributed by atoms with Gasteiger partial charge in [0.15, 0.2) is 23.2 Å². The monoisotopic (exact) mass is 786 g/mol. The van der Waals surface area contributed by atoms with Gasteiger partial charge in [0.25, 0.3) is 5.56 Å². The maximum atomic E-state index is 12.5. The Morgan fingerprint density at radius 1 is 0.981 bits per heavy atom. The molecule has 5 aromatic rings. The highest BCUT2D eigenvalue weighted by Gasteiger charge is 2.46. The van der Waals surface area contributed by atoms with Gasteiger partial charge >= 0.3 is 27.0 Å². The van der Waals surface area contributed by atoms with Gasteiger partial charge in [0.05, 0.1) is 19.5 Å². The molecule has 1 aliphatic heterocycles. The van der Waals surface area contributed by atoms with Crippen molar-refractivity contribution in [1.82, 2.24) is 34.5 Å². The summed E-state index contributed by atoms with van der Waals surface area (Å²) in [6, 6.07) is 3.33. The van der Waals surface area contributed by atoms with Crippen LogP contribution in [-0.4, -0.2) is 120 Å². The van der Waals surface area contributed by atoms with Crippen LogP contribution in [0.1, 0.15) is 17.4 Å². The molecule has 5 heterocycles. The quantitative estimate of drug-likeness (QED) is 0.0324. The second-order valence-corrected chi connectivity index (χ2v) is 15.2. The van der Waals surface area contributed by atoms with Crippen LogP contribution in [0.3, 0.4) is 0 Å². The van der Waals surface area contributed by atoms with E-state index in [1.165, 1.54) is 15.5 Å². The number of hydrogen-bond acceptors (Lipinski definition) is 18. The second kappa shape index (κ2) is 14.6. The highest BCUT2D eigenvalue weighted by atomic mass is 31.3. The Kier molecular flexibility index (Phi) is 10.6. The van der Waals surface area contributed by atoms with E-state index >= 15 is 0 Å². The molecule has 0 aliphatic carbocycles. The van der Waals surface area contributed by atoms with Crippen molar-refractivity contribution in [1.29, 1.82) is 0 Å². The first-order valence-electron chi connectivity index (χ1n) is 15.5. The van der Waals surface area contributed by atoms with Crippen LogP contribution in [0.25, 0.3) is 33.4 Å². The lowest BCUT2D eigenvalue weighted by Gasteiger charge is -2.24. The van der Waals surface area contributed by atoms with E-state index < -0.39 is 89.5 Å². The summed E-state index contributed by atoms with van der Waals surface area (Å²) in [5.74, 6) is 0.0305. The summed E-state index contributed by atoms with van der Waals surface area (Å²) < 4.78 is 46.7. The molecule has 0 spiro atoms. The van der Waals surface area contributed by atoms with Gasteiger partial charge in [0.2, 0.25) is 5.52 Å². The molecule has 1 saturated heterocycles. The van der Waals surface area contributed by atoms with Crippen LogP contribution in [0.2, 0.25) is 0 Å². The topological polar surface area (TPSA) is 365 Å². The first-order valence-corrected chi connectivity index (χ1v) is 18.5. The van der Waals surface area contributed by atoms with E-state index in [1.54, 1.807) is 26.0 Å². The van der Waals surface area contributed by atoms with Crippen LogP contribution in [0, 0.1) is 13.8 Å². The van der Waals surface area contributed by atoms with Crippen LogP contribution in [0.15, 0.2) is 34.4 Å². The third kappa shape index (κ3) is 7.91. The summed E-state index contributed by atoms with van der Waals surface area (Å²) in [5.41, 5.74) is 6.28. The molecule has 6 rings (SSSR count). The van der Waals surface area contributed by atoms with Crippen molar-refractivity contribution in [2.45, 2.75) is 63.2 Å². The number of aromatic amines is 2. The number of hydrogen-bond donors (Lipinski definition) is 10. The SMILES string of the molecule is Cc1cc2nc3c(=O)[nH]c(=O)[nH]c3[n+](C[C@@H](O)[C@@H](O)[C@H](O)COP(=O)(O)OP(=O)(O)OC[C@H]3O[C@@H](n4cnc5c(N)ncnc54)[C@H](O)[C@@H]3O)c2cc1C. The van der Waals surface area contributed by atoms with Crippen LogP contribution in [0.4, 0.5) is 5.82 Å². The fourth-order valence-corrected chi connectivity index (χ4v) is 7.70. The number of imidazole rings is 1. The summed E-state index contributed by atoms with van der Waals surface area (Å²) in [4.78, 5) is 65.4. The zero-order chi connectivity index (χ0) is 38.6. The Bertz CT molecular complexity index is 2410. The summed E-state index contributed by atoms with van der Waals surface area (Å²) in [6.07, 6.45) is -9.88. The van der Waals surface area contributed by atoms with Crippen LogP contribution in [-0.2, 0) is 33.8 Å². The summed E-state index contributed by atoms with van der Waals surface area (Å²) in [7, 11) is -11.0. The molecule has 53 heavy (non-hydrogen) atoms. The largest absolute Gasteiger partial charge is 0.481 e. The number of phosphoric acid groups is 2. The van der Waals surface area contributed by atoms with Gasteiger partial charge in [0.1, 0.15) is 60.5 Å². The van der Waals surface area contributed by atoms with Crippen LogP contribution in [0.5, 0.6) is 0 Å². The molecule has 286 valence electrons. The number of nitrogens with one attached hydrogen (secondary N) is 2. The molecule has 26 heteroatoms. The van der Waals surface area contributed by atoms with Crippen molar-refractivity contribution in [3.05, 3.63) is 56.8 Å². The molecule has 0 amide bonds. The first kappa shape index (κ1) is 38.6. The molecule has 9 atom stereocenters. The summed E-state index contributed by atoms with van der Waals surface area (Å²) in [5, 5.41) is 53.1. The number of H-pyrrole nitrogens is 2. The molecule has 0 saturated carbocycles. The molecular weight excluding hydrogens is 752 g/mol. The molecule has 24 nitrogen and oxygen atoms in total. The Morgan fingerprint density at radius 3 is 2.42 bits per heavy atom. The summed E-state index contributed by atoms with van der Waals surface area (Å²) >= 11 is 0. The minimum Gasteiger partial charge on any atom is -0.388 e. The fraction of sp³-hybridized carbons (Fsp3) is 0.444. The van der Waals surface area contributed by atoms with Crippen LogP contribution >= 0.6 is 15.6 Å². The molecule has 0 radical (unpaired) electrons. The van der Waals surface area contributed by atoms with Crippen molar-refractivity contribution in [3.8, 4) is 0 Å². The number of aliphatic hydroxyl groups excluding tert-OH is 5. The molecular formula is C27H34N9O15P2+. The zero-order valence-corrected chi connectivity index (χ0v) is 29.3. The lowest BCUT2D eigenvalue weighted by atomic mass is 10.1. The smallest absolute Gasteiger partial charge is 0.388 e. The number of fused-ring (bicyclic) bond motifs is 3. The molecule has 1 fully saturated rings.